The van der Waals surface area contributed by atoms with Gasteiger partial charge in [0.1, 0.15) is 5.75 Å². The van der Waals surface area contributed by atoms with Crippen molar-refractivity contribution in [1.29, 1.82) is 0 Å². The zero-order chi connectivity index (χ0) is 10.6. The summed E-state index contributed by atoms with van der Waals surface area (Å²) in [6.07, 6.45) is 1.18. The van der Waals surface area contributed by atoms with Crippen molar-refractivity contribution >= 4 is 23.2 Å². The molecule has 1 amide bonds. The molecule has 0 spiro atoms. The summed E-state index contributed by atoms with van der Waals surface area (Å²) in [5.74, 6) is 0.328. The summed E-state index contributed by atoms with van der Waals surface area (Å²) < 4.78 is 4.99. The molecule has 1 aromatic carbocycles. The first-order valence-electron chi connectivity index (χ1n) is 3.94. The highest BCUT2D eigenvalue weighted by molar-refractivity contribution is 6.33. The molecule has 1 N–H and O–H groups in total. The van der Waals surface area contributed by atoms with E-state index in [4.69, 9.17) is 16.3 Å². The van der Waals surface area contributed by atoms with E-state index in [1.54, 1.807) is 25.3 Å². The first kappa shape index (κ1) is 10.6. The van der Waals surface area contributed by atoms with Crippen molar-refractivity contribution in [3.05, 3.63) is 35.9 Å². The van der Waals surface area contributed by atoms with Crippen LogP contribution in [0.4, 0.5) is 5.69 Å². The lowest BCUT2D eigenvalue weighted by Crippen LogP contribution is -2.07. The van der Waals surface area contributed by atoms with E-state index in [1.165, 1.54) is 6.08 Å². The first-order chi connectivity index (χ1) is 6.67. The molecule has 0 saturated heterocycles. The fourth-order valence-electron chi connectivity index (χ4n) is 0.911. The van der Waals surface area contributed by atoms with Crippen LogP contribution in [0.25, 0.3) is 0 Å². The van der Waals surface area contributed by atoms with E-state index in [2.05, 4.69) is 11.9 Å². The second-order valence-electron chi connectivity index (χ2n) is 2.54. The van der Waals surface area contributed by atoms with Gasteiger partial charge < -0.3 is 10.1 Å². The molecule has 0 fully saturated rings. The minimum Gasteiger partial charge on any atom is -0.497 e. The molecule has 14 heavy (non-hydrogen) atoms. The summed E-state index contributed by atoms with van der Waals surface area (Å²) in [4.78, 5) is 11.0. The molecule has 0 atom stereocenters. The molecule has 3 nitrogen and oxygen atoms in total. The van der Waals surface area contributed by atoms with Crippen LogP contribution in [-0.2, 0) is 4.79 Å². The van der Waals surface area contributed by atoms with Gasteiger partial charge in [0, 0.05) is 6.07 Å². The van der Waals surface area contributed by atoms with E-state index in [1.807, 2.05) is 0 Å². The Morgan fingerprint density at radius 2 is 2.36 bits per heavy atom. The zero-order valence-corrected chi connectivity index (χ0v) is 8.47. The van der Waals surface area contributed by atoms with Crippen molar-refractivity contribution in [2.45, 2.75) is 0 Å². The van der Waals surface area contributed by atoms with E-state index in [9.17, 15) is 4.79 Å². The number of benzene rings is 1. The Hall–Kier alpha value is -1.48. The fourth-order valence-corrected chi connectivity index (χ4v) is 1.08. The van der Waals surface area contributed by atoms with Gasteiger partial charge in [-0.05, 0) is 18.2 Å². The number of nitrogens with one attached hydrogen (secondary N) is 1. The van der Waals surface area contributed by atoms with Gasteiger partial charge in [0.25, 0.3) is 0 Å². The summed E-state index contributed by atoms with van der Waals surface area (Å²) in [5, 5.41) is 3.02. The summed E-state index contributed by atoms with van der Waals surface area (Å²) in [6, 6.07) is 5.01. The minimum atomic E-state index is -0.305. The highest BCUT2D eigenvalue weighted by atomic mass is 35.5. The molecule has 0 aromatic heterocycles. The van der Waals surface area contributed by atoms with E-state index in [0.29, 0.717) is 16.5 Å². The number of anilines is 1. The monoisotopic (exact) mass is 211 g/mol. The summed E-state index contributed by atoms with van der Waals surface area (Å²) in [6.45, 7) is 3.34. The molecular weight excluding hydrogens is 202 g/mol. The summed E-state index contributed by atoms with van der Waals surface area (Å²) >= 11 is 5.85. The number of hydrogen-bond acceptors (Lipinski definition) is 2. The Kier molecular flexibility index (Phi) is 3.54. The van der Waals surface area contributed by atoms with Crippen LogP contribution in [0, 0.1) is 0 Å². The van der Waals surface area contributed by atoms with Crippen LogP contribution in [-0.4, -0.2) is 13.0 Å². The quantitative estimate of drug-likeness (QED) is 0.780. The predicted molar refractivity (Wildman–Crippen MR) is 56.8 cm³/mol. The predicted octanol–water partition coefficient (Wildman–Crippen LogP) is 2.47. The van der Waals surface area contributed by atoms with E-state index < -0.39 is 0 Å². The normalized spacial score (nSPS) is 9.29. The number of carbonyl (C=O) groups excluding carboxylic acids is 1. The van der Waals surface area contributed by atoms with Crippen LogP contribution in [0.15, 0.2) is 30.9 Å². The number of amides is 1. The van der Waals surface area contributed by atoms with Crippen LogP contribution in [0.3, 0.4) is 0 Å². The zero-order valence-electron chi connectivity index (χ0n) is 7.71. The Balaban J connectivity index is 2.94. The van der Waals surface area contributed by atoms with Crippen LogP contribution in [0.2, 0.25) is 5.02 Å². The maximum absolute atomic E-state index is 11.0. The van der Waals surface area contributed by atoms with Gasteiger partial charge in [0.15, 0.2) is 0 Å². The molecule has 0 bridgehead atoms. The van der Waals surface area contributed by atoms with Gasteiger partial charge in [-0.2, -0.15) is 0 Å². The third-order valence-electron chi connectivity index (χ3n) is 1.62. The third-order valence-corrected chi connectivity index (χ3v) is 1.95. The molecule has 0 aliphatic carbocycles. The number of carbonyl (C=O) groups is 1. The smallest absolute Gasteiger partial charge is 0.247 e. The van der Waals surface area contributed by atoms with Crippen molar-refractivity contribution in [3.63, 3.8) is 0 Å². The summed E-state index contributed by atoms with van der Waals surface area (Å²) in [5.41, 5.74) is 0.510. The van der Waals surface area contributed by atoms with Gasteiger partial charge in [-0.25, -0.2) is 0 Å². The average molecular weight is 212 g/mol. The van der Waals surface area contributed by atoms with Crippen LogP contribution in [0.5, 0.6) is 5.75 Å². The van der Waals surface area contributed by atoms with Crippen molar-refractivity contribution in [2.24, 2.45) is 0 Å². The van der Waals surface area contributed by atoms with E-state index in [0.717, 1.165) is 0 Å². The standard InChI is InChI=1S/C10H10ClNO2/c1-3-10(13)12-9-6-7(14-2)4-5-8(9)11/h3-6H,1H2,2H3,(H,12,13). The van der Waals surface area contributed by atoms with Crippen molar-refractivity contribution in [1.82, 2.24) is 0 Å². The number of hydrogen-bond donors (Lipinski definition) is 1. The molecule has 0 saturated carbocycles. The SMILES string of the molecule is C=CC(=O)Nc1cc(OC)ccc1Cl. The molecule has 1 rings (SSSR count). The van der Waals surface area contributed by atoms with E-state index in [-0.39, 0.29) is 5.91 Å². The van der Waals surface area contributed by atoms with Crippen molar-refractivity contribution in [3.8, 4) is 5.75 Å². The molecule has 4 heteroatoms. The fraction of sp³-hybridized carbons (Fsp3) is 0.100. The highest BCUT2D eigenvalue weighted by Gasteiger charge is 2.04. The molecule has 74 valence electrons. The molecule has 0 aliphatic rings. The number of ether oxygens (including phenoxy) is 1. The molecule has 1 aromatic rings. The van der Waals surface area contributed by atoms with Gasteiger partial charge >= 0.3 is 0 Å². The van der Waals surface area contributed by atoms with Gasteiger partial charge in [0.05, 0.1) is 17.8 Å². The van der Waals surface area contributed by atoms with Crippen LogP contribution < -0.4 is 10.1 Å². The second kappa shape index (κ2) is 4.67. The largest absolute Gasteiger partial charge is 0.497 e. The lowest BCUT2D eigenvalue weighted by atomic mass is 10.3. The number of rotatable bonds is 3. The van der Waals surface area contributed by atoms with Crippen LogP contribution in [0.1, 0.15) is 0 Å². The van der Waals surface area contributed by atoms with E-state index >= 15 is 0 Å². The lowest BCUT2D eigenvalue weighted by molar-refractivity contribution is -0.111. The third kappa shape index (κ3) is 2.50. The number of methoxy groups -OCH3 is 1. The van der Waals surface area contributed by atoms with Crippen LogP contribution >= 0.6 is 11.6 Å². The van der Waals surface area contributed by atoms with Gasteiger partial charge in [-0.15, -0.1) is 0 Å². The summed E-state index contributed by atoms with van der Waals surface area (Å²) in [7, 11) is 1.54. The maximum atomic E-state index is 11.0. The van der Waals surface area contributed by atoms with Crippen molar-refractivity contribution < 1.29 is 9.53 Å². The molecule has 0 aliphatic heterocycles. The molecule has 0 radical (unpaired) electrons. The Morgan fingerprint density at radius 3 is 2.93 bits per heavy atom. The molecule has 0 unspecified atom stereocenters. The lowest BCUT2D eigenvalue weighted by Gasteiger charge is -2.06. The Bertz CT molecular complexity index is 363. The first-order valence-corrected chi connectivity index (χ1v) is 4.32. The maximum Gasteiger partial charge on any atom is 0.247 e. The highest BCUT2D eigenvalue weighted by Crippen LogP contribution is 2.26. The second-order valence-corrected chi connectivity index (χ2v) is 2.95. The number of halogens is 1. The minimum absolute atomic E-state index is 0.305. The topological polar surface area (TPSA) is 38.3 Å². The Morgan fingerprint density at radius 1 is 1.64 bits per heavy atom. The van der Waals surface area contributed by atoms with Gasteiger partial charge in [-0.1, -0.05) is 18.2 Å². The van der Waals surface area contributed by atoms with Crippen molar-refractivity contribution in [2.75, 3.05) is 12.4 Å². The Labute approximate surface area is 87.3 Å². The average Bonchev–Trinajstić information content (AvgIpc) is 2.21. The molecule has 0 heterocycles. The van der Waals surface area contributed by atoms with Gasteiger partial charge in [-0.3, -0.25) is 4.79 Å². The van der Waals surface area contributed by atoms with Gasteiger partial charge in [0.2, 0.25) is 5.91 Å². The molecular formula is C10H10ClNO2.